The minimum atomic E-state index is -1.07. The van der Waals surface area contributed by atoms with Crippen molar-refractivity contribution in [3.63, 3.8) is 0 Å². The molecule has 0 fully saturated rings. The van der Waals surface area contributed by atoms with Crippen LogP contribution in [0.5, 0.6) is 0 Å². The molecule has 0 saturated carbocycles. The number of nitrogens with one attached hydrogen (secondary N) is 1. The number of hydrogen-bond donors (Lipinski definition) is 2. The molecular weight excluding hydrogens is 246 g/mol. The summed E-state index contributed by atoms with van der Waals surface area (Å²) < 4.78 is 5.30. The third kappa shape index (κ3) is 4.12. The normalized spacial score (nSPS) is 12.5. The molecule has 0 aliphatic rings. The lowest BCUT2D eigenvalue weighted by Crippen LogP contribution is -2.33. The highest BCUT2D eigenvalue weighted by molar-refractivity contribution is 5.96. The summed E-state index contributed by atoms with van der Waals surface area (Å²) in [5.74, 6) is -0.572. The zero-order valence-electron chi connectivity index (χ0n) is 11.8. The average molecular weight is 267 g/mol. The Bertz CT molecular complexity index is 462. The third-order valence-electron chi connectivity index (χ3n) is 2.79. The van der Waals surface area contributed by atoms with E-state index in [4.69, 9.17) is 9.52 Å². The number of carboxylic acid groups (broad SMARTS) is 1. The largest absolute Gasteiger partial charge is 0.478 e. The third-order valence-corrected chi connectivity index (χ3v) is 2.79. The first-order valence-corrected chi connectivity index (χ1v) is 6.52. The zero-order chi connectivity index (χ0) is 14.6. The summed E-state index contributed by atoms with van der Waals surface area (Å²) in [5, 5.41) is 11.8. The van der Waals surface area contributed by atoms with Crippen LogP contribution in [0.15, 0.2) is 10.5 Å². The van der Waals surface area contributed by atoms with Crippen LogP contribution in [-0.4, -0.2) is 23.0 Å². The number of aromatic carboxylic acids is 1. The predicted octanol–water partition coefficient (Wildman–Crippen LogP) is 2.70. The van der Waals surface area contributed by atoms with E-state index in [0.717, 1.165) is 6.42 Å². The molecule has 0 saturated heterocycles. The van der Waals surface area contributed by atoms with Gasteiger partial charge in [0.05, 0.1) is 0 Å². The molecule has 0 bridgehead atoms. The van der Waals surface area contributed by atoms with Crippen LogP contribution in [-0.2, 0) is 6.42 Å². The molecule has 5 nitrogen and oxygen atoms in total. The highest BCUT2D eigenvalue weighted by Crippen LogP contribution is 2.17. The molecule has 1 aromatic heterocycles. The molecule has 1 amide bonds. The van der Waals surface area contributed by atoms with Crippen molar-refractivity contribution in [3.05, 3.63) is 23.2 Å². The van der Waals surface area contributed by atoms with Crippen LogP contribution in [0.4, 0.5) is 0 Å². The monoisotopic (exact) mass is 267 g/mol. The number of amides is 1. The van der Waals surface area contributed by atoms with E-state index in [2.05, 4.69) is 19.2 Å². The maximum absolute atomic E-state index is 11.9. The van der Waals surface area contributed by atoms with Crippen LogP contribution in [0, 0.1) is 5.92 Å². The van der Waals surface area contributed by atoms with Gasteiger partial charge in [-0.1, -0.05) is 20.8 Å². The second-order valence-corrected chi connectivity index (χ2v) is 5.11. The molecular formula is C14H21NO4. The van der Waals surface area contributed by atoms with Crippen molar-refractivity contribution < 1.29 is 19.1 Å². The second-order valence-electron chi connectivity index (χ2n) is 5.11. The van der Waals surface area contributed by atoms with E-state index in [1.165, 1.54) is 6.07 Å². The smallest absolute Gasteiger partial charge is 0.339 e. The Morgan fingerprint density at radius 1 is 1.37 bits per heavy atom. The molecule has 1 unspecified atom stereocenters. The Morgan fingerprint density at radius 2 is 2.00 bits per heavy atom. The summed E-state index contributed by atoms with van der Waals surface area (Å²) in [4.78, 5) is 22.9. The second kappa shape index (κ2) is 6.41. The van der Waals surface area contributed by atoms with Crippen LogP contribution in [0.25, 0.3) is 0 Å². The first-order chi connectivity index (χ1) is 8.85. The van der Waals surface area contributed by atoms with Crippen molar-refractivity contribution >= 4 is 11.9 Å². The summed E-state index contributed by atoms with van der Waals surface area (Å²) in [6.45, 7) is 7.86. The van der Waals surface area contributed by atoms with Crippen molar-refractivity contribution in [1.29, 1.82) is 0 Å². The lowest BCUT2D eigenvalue weighted by atomic mass is 10.1. The Kier molecular flexibility index (Phi) is 5.15. The van der Waals surface area contributed by atoms with Gasteiger partial charge in [-0.25, -0.2) is 4.79 Å². The van der Waals surface area contributed by atoms with E-state index in [-0.39, 0.29) is 23.3 Å². The van der Waals surface area contributed by atoms with Gasteiger partial charge in [-0.05, 0) is 19.3 Å². The predicted molar refractivity (Wildman–Crippen MR) is 71.4 cm³/mol. The zero-order valence-corrected chi connectivity index (χ0v) is 11.8. The molecule has 1 atom stereocenters. The number of carbonyl (C=O) groups excluding carboxylic acids is 1. The minimum Gasteiger partial charge on any atom is -0.478 e. The summed E-state index contributed by atoms with van der Waals surface area (Å²) in [7, 11) is 0. The molecule has 0 aliphatic carbocycles. The molecule has 5 heteroatoms. The van der Waals surface area contributed by atoms with Crippen LogP contribution >= 0.6 is 0 Å². The average Bonchev–Trinajstić information content (AvgIpc) is 2.71. The topological polar surface area (TPSA) is 79.5 Å². The van der Waals surface area contributed by atoms with Gasteiger partial charge in [0.25, 0.3) is 5.91 Å². The number of furan rings is 1. The fraction of sp³-hybridized carbons (Fsp3) is 0.571. The van der Waals surface area contributed by atoms with Crippen LogP contribution in [0.2, 0.25) is 0 Å². The quantitative estimate of drug-likeness (QED) is 0.830. The van der Waals surface area contributed by atoms with Crippen molar-refractivity contribution in [2.45, 2.75) is 46.6 Å². The summed E-state index contributed by atoms with van der Waals surface area (Å²) >= 11 is 0. The molecule has 1 heterocycles. The standard InChI is InChI=1S/C14H21NO4/c1-5-11-10(14(17)18)7-12(19-11)13(16)15-9(4)6-8(2)3/h7-9H,5-6H2,1-4H3,(H,15,16)(H,17,18). The van der Waals surface area contributed by atoms with Gasteiger partial charge in [-0.3, -0.25) is 4.79 Å². The Balaban J connectivity index is 2.80. The van der Waals surface area contributed by atoms with Gasteiger partial charge in [0, 0.05) is 18.5 Å². The van der Waals surface area contributed by atoms with E-state index < -0.39 is 5.97 Å². The Labute approximate surface area is 113 Å². The molecule has 0 radical (unpaired) electrons. The Morgan fingerprint density at radius 3 is 2.42 bits per heavy atom. The first-order valence-electron chi connectivity index (χ1n) is 6.52. The summed E-state index contributed by atoms with van der Waals surface area (Å²) in [6, 6.07) is 1.31. The SMILES string of the molecule is CCc1oc(C(=O)NC(C)CC(C)C)cc1C(=O)O. The van der Waals surface area contributed by atoms with Crippen molar-refractivity contribution in [3.8, 4) is 0 Å². The molecule has 0 aliphatic heterocycles. The van der Waals surface area contributed by atoms with E-state index in [0.29, 0.717) is 18.1 Å². The number of carbonyl (C=O) groups is 2. The number of rotatable bonds is 6. The molecule has 0 spiro atoms. The fourth-order valence-electron chi connectivity index (χ4n) is 2.05. The fourth-order valence-corrected chi connectivity index (χ4v) is 2.05. The minimum absolute atomic E-state index is 0.0240. The number of carboxylic acids is 1. The molecule has 0 aromatic carbocycles. The summed E-state index contributed by atoms with van der Waals surface area (Å²) in [6.07, 6.45) is 1.30. The van der Waals surface area contributed by atoms with E-state index in [1.807, 2.05) is 6.92 Å². The Hall–Kier alpha value is -1.78. The highest BCUT2D eigenvalue weighted by atomic mass is 16.4. The van der Waals surface area contributed by atoms with Crippen molar-refractivity contribution in [2.75, 3.05) is 0 Å². The molecule has 2 N–H and O–H groups in total. The van der Waals surface area contributed by atoms with Crippen LogP contribution in [0.3, 0.4) is 0 Å². The van der Waals surface area contributed by atoms with Gasteiger partial charge >= 0.3 is 5.97 Å². The van der Waals surface area contributed by atoms with Gasteiger partial charge in [0.1, 0.15) is 11.3 Å². The van der Waals surface area contributed by atoms with Crippen molar-refractivity contribution in [1.82, 2.24) is 5.32 Å². The first kappa shape index (κ1) is 15.3. The van der Waals surface area contributed by atoms with E-state index in [1.54, 1.807) is 6.92 Å². The molecule has 1 aromatic rings. The maximum Gasteiger partial charge on any atom is 0.339 e. The van der Waals surface area contributed by atoms with Gasteiger partial charge in [0.15, 0.2) is 5.76 Å². The van der Waals surface area contributed by atoms with E-state index >= 15 is 0 Å². The van der Waals surface area contributed by atoms with Gasteiger partial charge in [0.2, 0.25) is 0 Å². The van der Waals surface area contributed by atoms with E-state index in [9.17, 15) is 9.59 Å². The lowest BCUT2D eigenvalue weighted by Gasteiger charge is -2.14. The molecule has 1 rings (SSSR count). The van der Waals surface area contributed by atoms with Gasteiger partial charge in [-0.2, -0.15) is 0 Å². The number of aryl methyl sites for hydroxylation is 1. The highest BCUT2D eigenvalue weighted by Gasteiger charge is 2.21. The summed E-state index contributed by atoms with van der Waals surface area (Å²) in [5.41, 5.74) is 0.0594. The number of hydrogen-bond acceptors (Lipinski definition) is 3. The lowest BCUT2D eigenvalue weighted by molar-refractivity contribution is 0.0694. The molecule has 19 heavy (non-hydrogen) atoms. The van der Waals surface area contributed by atoms with Gasteiger partial charge < -0.3 is 14.8 Å². The van der Waals surface area contributed by atoms with Crippen LogP contribution < -0.4 is 5.32 Å². The van der Waals surface area contributed by atoms with Crippen LogP contribution in [0.1, 0.15) is 60.8 Å². The molecule has 106 valence electrons. The van der Waals surface area contributed by atoms with Gasteiger partial charge in [-0.15, -0.1) is 0 Å². The maximum atomic E-state index is 11.9. The van der Waals surface area contributed by atoms with Crippen molar-refractivity contribution in [2.24, 2.45) is 5.92 Å².